The average molecular weight is 288 g/mol. The van der Waals surface area contributed by atoms with E-state index >= 15 is 0 Å². The molecule has 4 nitrogen and oxygen atoms in total. The van der Waals surface area contributed by atoms with Crippen molar-refractivity contribution in [2.45, 2.75) is 50.4 Å². The third-order valence-corrected chi connectivity index (χ3v) is 4.64. The molecule has 2 saturated heterocycles. The van der Waals surface area contributed by atoms with Crippen molar-refractivity contribution < 1.29 is 9.90 Å². The van der Waals surface area contributed by atoms with Crippen LogP contribution >= 0.6 is 0 Å². The van der Waals surface area contributed by atoms with E-state index in [4.69, 9.17) is 0 Å². The molecule has 0 saturated carbocycles. The molecule has 2 atom stereocenters. The normalized spacial score (nSPS) is 28.2. The summed E-state index contributed by atoms with van der Waals surface area (Å²) in [5.74, 6) is 0.130. The van der Waals surface area contributed by atoms with Gasteiger partial charge in [-0.05, 0) is 57.5 Å². The van der Waals surface area contributed by atoms with Crippen LogP contribution in [0, 0.1) is 0 Å². The van der Waals surface area contributed by atoms with Crippen molar-refractivity contribution in [3.05, 3.63) is 35.4 Å². The summed E-state index contributed by atoms with van der Waals surface area (Å²) in [5.41, 5.74) is 1.99. The number of benzene rings is 1. The van der Waals surface area contributed by atoms with Crippen molar-refractivity contribution in [3.8, 4) is 0 Å². The molecule has 2 aliphatic rings. The summed E-state index contributed by atoms with van der Waals surface area (Å²) in [4.78, 5) is 16.9. The van der Waals surface area contributed by atoms with Crippen molar-refractivity contribution in [3.63, 3.8) is 0 Å². The fourth-order valence-electron chi connectivity index (χ4n) is 3.75. The lowest BCUT2D eigenvalue weighted by atomic mass is 9.98. The van der Waals surface area contributed by atoms with Gasteiger partial charge in [-0.15, -0.1) is 0 Å². The molecule has 2 bridgehead atoms. The largest absolute Gasteiger partial charge is 0.393 e. The molecule has 2 aliphatic heterocycles. The van der Waals surface area contributed by atoms with Crippen LogP contribution in [0.15, 0.2) is 24.3 Å². The smallest absolute Gasteiger partial charge is 0.254 e. The highest BCUT2D eigenvalue weighted by Crippen LogP contribution is 2.36. The molecule has 2 fully saturated rings. The monoisotopic (exact) mass is 288 g/mol. The minimum absolute atomic E-state index is 0.130. The molecule has 2 heterocycles. The number of carbonyl (C=O) groups excluding carboxylic acids is 1. The second-order valence-corrected chi connectivity index (χ2v) is 6.66. The summed E-state index contributed by atoms with van der Waals surface area (Å²) in [6, 6.07) is 8.40. The maximum atomic E-state index is 12.7. The van der Waals surface area contributed by atoms with E-state index in [0.717, 1.165) is 37.8 Å². The molecule has 1 N–H and O–H groups in total. The molecule has 0 aromatic heterocycles. The summed E-state index contributed by atoms with van der Waals surface area (Å²) in [7, 11) is 4.07. The van der Waals surface area contributed by atoms with Crippen LogP contribution in [0.1, 0.15) is 41.6 Å². The number of aliphatic hydroxyl groups excluding tert-OH is 1. The number of fused-ring (bicyclic) bond motifs is 2. The highest BCUT2D eigenvalue weighted by Gasteiger charge is 2.42. The second-order valence-electron chi connectivity index (χ2n) is 6.66. The Morgan fingerprint density at radius 3 is 2.29 bits per heavy atom. The van der Waals surface area contributed by atoms with E-state index in [1.807, 2.05) is 43.3 Å². The number of nitrogens with zero attached hydrogens (tertiary/aromatic N) is 2. The molecule has 1 aromatic rings. The van der Waals surface area contributed by atoms with Gasteiger partial charge in [0.25, 0.3) is 5.91 Å². The predicted molar refractivity (Wildman–Crippen MR) is 82.1 cm³/mol. The summed E-state index contributed by atoms with van der Waals surface area (Å²) in [6.45, 7) is 0.885. The first kappa shape index (κ1) is 14.5. The second kappa shape index (κ2) is 5.78. The van der Waals surface area contributed by atoms with Gasteiger partial charge >= 0.3 is 0 Å². The van der Waals surface area contributed by atoms with E-state index in [0.29, 0.717) is 0 Å². The quantitative estimate of drug-likeness (QED) is 0.923. The number of hydrogen-bond acceptors (Lipinski definition) is 3. The van der Waals surface area contributed by atoms with Gasteiger partial charge in [0.1, 0.15) is 0 Å². The van der Waals surface area contributed by atoms with Crippen LogP contribution in [-0.2, 0) is 6.54 Å². The standard InChI is InChI=1S/C17H24N2O2/c1-18(2)11-12-3-5-13(6-4-12)17(21)19-14-7-8-15(19)10-16(20)9-14/h3-6,14-16,20H,7-11H2,1-2H3. The number of amides is 1. The molecule has 4 heteroatoms. The highest BCUT2D eigenvalue weighted by atomic mass is 16.3. The SMILES string of the molecule is CN(C)Cc1ccc(C(=O)N2C3CCC2CC(O)C3)cc1. The molecule has 3 rings (SSSR count). The fourth-order valence-corrected chi connectivity index (χ4v) is 3.75. The van der Waals surface area contributed by atoms with Crippen LogP contribution in [0.25, 0.3) is 0 Å². The molecule has 0 aliphatic carbocycles. The molecule has 0 spiro atoms. The Balaban J connectivity index is 1.73. The summed E-state index contributed by atoms with van der Waals surface area (Å²) < 4.78 is 0. The summed E-state index contributed by atoms with van der Waals surface area (Å²) in [5, 5.41) is 9.84. The Bertz CT molecular complexity index is 498. The first-order chi connectivity index (χ1) is 10.0. The Hall–Kier alpha value is -1.39. The zero-order valence-corrected chi connectivity index (χ0v) is 12.8. The van der Waals surface area contributed by atoms with Gasteiger partial charge in [-0.3, -0.25) is 4.79 Å². The Labute approximate surface area is 126 Å². The zero-order valence-electron chi connectivity index (χ0n) is 12.8. The Morgan fingerprint density at radius 2 is 1.76 bits per heavy atom. The molecular formula is C17H24N2O2. The van der Waals surface area contributed by atoms with Gasteiger partial charge in [-0.2, -0.15) is 0 Å². The molecule has 0 radical (unpaired) electrons. The van der Waals surface area contributed by atoms with Gasteiger partial charge in [0.15, 0.2) is 0 Å². The van der Waals surface area contributed by atoms with Crippen LogP contribution in [0.3, 0.4) is 0 Å². The third kappa shape index (κ3) is 2.97. The first-order valence-corrected chi connectivity index (χ1v) is 7.79. The summed E-state index contributed by atoms with van der Waals surface area (Å²) >= 11 is 0. The van der Waals surface area contributed by atoms with Crippen molar-refractivity contribution in [1.82, 2.24) is 9.80 Å². The highest BCUT2D eigenvalue weighted by molar-refractivity contribution is 5.95. The number of piperidine rings is 1. The van der Waals surface area contributed by atoms with Crippen molar-refractivity contribution >= 4 is 5.91 Å². The Morgan fingerprint density at radius 1 is 1.19 bits per heavy atom. The third-order valence-electron chi connectivity index (χ3n) is 4.64. The van der Waals surface area contributed by atoms with Crippen LogP contribution in [-0.4, -0.2) is 53.1 Å². The molecule has 1 aromatic carbocycles. The maximum absolute atomic E-state index is 12.7. The molecule has 114 valence electrons. The van der Waals surface area contributed by atoms with E-state index in [9.17, 15) is 9.90 Å². The van der Waals surface area contributed by atoms with Crippen LogP contribution in [0.4, 0.5) is 0 Å². The van der Waals surface area contributed by atoms with Gasteiger partial charge in [-0.1, -0.05) is 12.1 Å². The molecular weight excluding hydrogens is 264 g/mol. The number of rotatable bonds is 3. The molecule has 1 amide bonds. The summed E-state index contributed by atoms with van der Waals surface area (Å²) in [6.07, 6.45) is 3.31. The van der Waals surface area contributed by atoms with E-state index in [2.05, 4.69) is 4.90 Å². The molecule has 2 unspecified atom stereocenters. The lowest BCUT2D eigenvalue weighted by Gasteiger charge is -2.37. The van der Waals surface area contributed by atoms with Crippen molar-refractivity contribution in [1.29, 1.82) is 0 Å². The topological polar surface area (TPSA) is 43.8 Å². The van der Waals surface area contributed by atoms with Gasteiger partial charge in [0.05, 0.1) is 6.10 Å². The minimum atomic E-state index is -0.228. The van der Waals surface area contributed by atoms with E-state index < -0.39 is 0 Å². The Kier molecular flexibility index (Phi) is 4.00. The van der Waals surface area contributed by atoms with E-state index in [1.54, 1.807) is 0 Å². The number of carbonyl (C=O) groups is 1. The van der Waals surface area contributed by atoms with Crippen LogP contribution in [0.2, 0.25) is 0 Å². The first-order valence-electron chi connectivity index (χ1n) is 7.79. The van der Waals surface area contributed by atoms with Crippen LogP contribution < -0.4 is 0 Å². The lowest BCUT2D eigenvalue weighted by Crippen LogP contribution is -2.48. The van der Waals surface area contributed by atoms with E-state index in [1.165, 1.54) is 5.56 Å². The fraction of sp³-hybridized carbons (Fsp3) is 0.588. The molecule has 21 heavy (non-hydrogen) atoms. The van der Waals surface area contributed by atoms with Gasteiger partial charge in [-0.25, -0.2) is 0 Å². The van der Waals surface area contributed by atoms with E-state index in [-0.39, 0.29) is 24.1 Å². The van der Waals surface area contributed by atoms with Crippen LogP contribution in [0.5, 0.6) is 0 Å². The predicted octanol–water partition coefficient (Wildman–Crippen LogP) is 1.88. The minimum Gasteiger partial charge on any atom is -0.393 e. The van der Waals surface area contributed by atoms with Crippen molar-refractivity contribution in [2.24, 2.45) is 0 Å². The maximum Gasteiger partial charge on any atom is 0.254 e. The average Bonchev–Trinajstić information content (AvgIpc) is 2.70. The van der Waals surface area contributed by atoms with Gasteiger partial charge in [0, 0.05) is 24.2 Å². The number of hydrogen-bond donors (Lipinski definition) is 1. The zero-order chi connectivity index (χ0) is 15.0. The van der Waals surface area contributed by atoms with Crippen molar-refractivity contribution in [2.75, 3.05) is 14.1 Å². The lowest BCUT2D eigenvalue weighted by molar-refractivity contribution is 0.0287. The van der Waals surface area contributed by atoms with Gasteiger partial charge in [0.2, 0.25) is 0 Å². The van der Waals surface area contributed by atoms with Gasteiger partial charge < -0.3 is 14.9 Å². The number of aliphatic hydroxyl groups is 1.